The number of aryl methyl sites for hydroxylation is 1. The van der Waals surface area contributed by atoms with Crippen molar-refractivity contribution in [3.8, 4) is 0 Å². The van der Waals surface area contributed by atoms with Crippen LogP contribution < -0.4 is 5.43 Å². The Labute approximate surface area is 180 Å². The van der Waals surface area contributed by atoms with E-state index in [1.54, 1.807) is 24.4 Å². The first-order valence-electron chi connectivity index (χ1n) is 9.42. The summed E-state index contributed by atoms with van der Waals surface area (Å²) in [6.07, 6.45) is 2.07. The first-order valence-corrected chi connectivity index (χ1v) is 11.7. The number of hydrogen-bond acceptors (Lipinski definition) is 5. The van der Waals surface area contributed by atoms with Crippen molar-refractivity contribution in [2.24, 2.45) is 5.10 Å². The SMILES string of the molecule is Cc1ccsc1/C=N\NC(=O)CN(CCc1ccccc1)S(=O)(=O)c1ccccc1. The summed E-state index contributed by atoms with van der Waals surface area (Å²) in [5.74, 6) is -0.493. The van der Waals surface area contributed by atoms with Gasteiger partial charge in [0.05, 0.1) is 17.7 Å². The molecule has 3 rings (SSSR count). The molecule has 30 heavy (non-hydrogen) atoms. The van der Waals surface area contributed by atoms with Crippen molar-refractivity contribution in [1.82, 2.24) is 9.73 Å². The molecule has 1 heterocycles. The third kappa shape index (κ3) is 5.85. The minimum absolute atomic E-state index is 0.156. The first-order chi connectivity index (χ1) is 14.5. The van der Waals surface area contributed by atoms with Crippen LogP contribution in [-0.2, 0) is 21.2 Å². The van der Waals surface area contributed by atoms with Crippen molar-refractivity contribution in [3.05, 3.63) is 88.1 Å². The van der Waals surface area contributed by atoms with Crippen LogP contribution in [0.15, 0.2) is 82.1 Å². The number of amides is 1. The van der Waals surface area contributed by atoms with Crippen LogP contribution in [0.3, 0.4) is 0 Å². The van der Waals surface area contributed by atoms with Crippen LogP contribution in [0, 0.1) is 6.92 Å². The van der Waals surface area contributed by atoms with Gasteiger partial charge in [0, 0.05) is 11.4 Å². The van der Waals surface area contributed by atoms with Crippen LogP contribution in [0.2, 0.25) is 0 Å². The van der Waals surface area contributed by atoms with Gasteiger partial charge in [0.15, 0.2) is 0 Å². The number of hydrogen-bond donors (Lipinski definition) is 1. The van der Waals surface area contributed by atoms with Crippen molar-refractivity contribution in [1.29, 1.82) is 0 Å². The quantitative estimate of drug-likeness (QED) is 0.408. The fourth-order valence-electron chi connectivity index (χ4n) is 2.80. The van der Waals surface area contributed by atoms with E-state index in [1.807, 2.05) is 48.7 Å². The highest BCUT2D eigenvalue weighted by atomic mass is 32.2. The molecule has 6 nitrogen and oxygen atoms in total. The van der Waals surface area contributed by atoms with Gasteiger partial charge in [-0.05, 0) is 48.1 Å². The molecule has 0 saturated carbocycles. The molecule has 0 saturated heterocycles. The molecule has 0 bridgehead atoms. The highest BCUT2D eigenvalue weighted by Crippen LogP contribution is 2.16. The van der Waals surface area contributed by atoms with Gasteiger partial charge >= 0.3 is 0 Å². The van der Waals surface area contributed by atoms with Gasteiger partial charge < -0.3 is 0 Å². The average molecular weight is 442 g/mol. The standard InChI is InChI=1S/C22H23N3O3S2/c1-18-13-15-29-21(18)16-23-24-22(26)17-25(14-12-19-8-4-2-5-9-19)30(27,28)20-10-6-3-7-11-20/h2-11,13,15-16H,12,14,17H2,1H3,(H,24,26)/b23-16-. The highest BCUT2D eigenvalue weighted by Gasteiger charge is 2.26. The molecule has 156 valence electrons. The average Bonchev–Trinajstić information content (AvgIpc) is 3.17. The van der Waals surface area contributed by atoms with Gasteiger partial charge in [-0.2, -0.15) is 9.41 Å². The number of benzene rings is 2. The van der Waals surface area contributed by atoms with Crippen molar-refractivity contribution >= 4 is 33.5 Å². The number of nitrogens with zero attached hydrogens (tertiary/aromatic N) is 2. The lowest BCUT2D eigenvalue weighted by Crippen LogP contribution is -2.40. The second-order valence-electron chi connectivity index (χ2n) is 6.65. The number of carbonyl (C=O) groups excluding carboxylic acids is 1. The van der Waals surface area contributed by atoms with Gasteiger partial charge in [0.25, 0.3) is 5.91 Å². The Morgan fingerprint density at radius 2 is 1.73 bits per heavy atom. The number of rotatable bonds is 9. The molecule has 1 N–H and O–H groups in total. The molecule has 0 aliphatic rings. The second-order valence-corrected chi connectivity index (χ2v) is 9.53. The number of hydrazone groups is 1. The molecule has 1 amide bonds. The zero-order valence-corrected chi connectivity index (χ0v) is 18.2. The molecular formula is C22H23N3O3S2. The number of thiophene rings is 1. The molecular weight excluding hydrogens is 418 g/mol. The maximum absolute atomic E-state index is 13.1. The maximum Gasteiger partial charge on any atom is 0.255 e. The zero-order valence-electron chi connectivity index (χ0n) is 16.6. The van der Waals surface area contributed by atoms with Crippen LogP contribution in [0.25, 0.3) is 0 Å². The highest BCUT2D eigenvalue weighted by molar-refractivity contribution is 7.89. The van der Waals surface area contributed by atoms with Gasteiger partial charge in [-0.25, -0.2) is 13.8 Å². The second kappa shape index (κ2) is 10.3. The van der Waals surface area contributed by atoms with Crippen LogP contribution in [0.5, 0.6) is 0 Å². The van der Waals surface area contributed by atoms with E-state index in [2.05, 4.69) is 10.5 Å². The van der Waals surface area contributed by atoms with Crippen LogP contribution in [0.1, 0.15) is 16.0 Å². The Balaban J connectivity index is 1.72. The summed E-state index contributed by atoms with van der Waals surface area (Å²) in [4.78, 5) is 13.5. The Kier molecular flexibility index (Phi) is 7.51. The first kappa shape index (κ1) is 21.9. The topological polar surface area (TPSA) is 78.8 Å². The minimum Gasteiger partial charge on any atom is -0.272 e. The summed E-state index contributed by atoms with van der Waals surface area (Å²) in [6, 6.07) is 19.7. The van der Waals surface area contributed by atoms with Crippen molar-refractivity contribution in [3.63, 3.8) is 0 Å². The van der Waals surface area contributed by atoms with Crippen LogP contribution >= 0.6 is 11.3 Å². The fraction of sp³-hybridized carbons (Fsp3) is 0.182. The predicted molar refractivity (Wildman–Crippen MR) is 120 cm³/mol. The van der Waals surface area contributed by atoms with Gasteiger partial charge in [-0.1, -0.05) is 48.5 Å². The normalized spacial score (nSPS) is 11.8. The summed E-state index contributed by atoms with van der Waals surface area (Å²) in [5.41, 5.74) is 4.49. The van der Waals surface area contributed by atoms with Crippen LogP contribution in [0.4, 0.5) is 0 Å². The smallest absolute Gasteiger partial charge is 0.255 e. The number of nitrogens with one attached hydrogen (secondary N) is 1. The molecule has 3 aromatic rings. The third-order valence-electron chi connectivity index (χ3n) is 4.47. The molecule has 0 aliphatic carbocycles. The van der Waals surface area contributed by atoms with E-state index in [0.29, 0.717) is 6.42 Å². The molecule has 8 heteroatoms. The molecule has 2 aromatic carbocycles. The molecule has 0 unspecified atom stereocenters. The largest absolute Gasteiger partial charge is 0.272 e. The van der Waals surface area contributed by atoms with E-state index in [9.17, 15) is 13.2 Å². The van der Waals surface area contributed by atoms with E-state index >= 15 is 0 Å². The van der Waals surface area contributed by atoms with E-state index in [4.69, 9.17) is 0 Å². The molecule has 0 fully saturated rings. The number of carbonyl (C=O) groups is 1. The summed E-state index contributed by atoms with van der Waals surface area (Å²) in [6.45, 7) is 1.82. The fourth-order valence-corrected chi connectivity index (χ4v) is 5.00. The molecule has 0 spiro atoms. The maximum atomic E-state index is 13.1. The zero-order chi connectivity index (χ0) is 21.4. The Hall–Kier alpha value is -2.81. The minimum atomic E-state index is -3.82. The lowest BCUT2D eigenvalue weighted by molar-refractivity contribution is -0.121. The summed E-state index contributed by atoms with van der Waals surface area (Å²) in [5, 5.41) is 5.91. The Morgan fingerprint density at radius 1 is 1.07 bits per heavy atom. The summed E-state index contributed by atoms with van der Waals surface area (Å²) in [7, 11) is -3.82. The molecule has 0 radical (unpaired) electrons. The van der Waals surface area contributed by atoms with Gasteiger partial charge in [-0.15, -0.1) is 11.3 Å². The molecule has 0 aliphatic heterocycles. The van der Waals surface area contributed by atoms with E-state index < -0.39 is 15.9 Å². The van der Waals surface area contributed by atoms with Gasteiger partial charge in [-0.3, -0.25) is 4.79 Å². The molecule has 1 aromatic heterocycles. The van der Waals surface area contributed by atoms with Crippen molar-refractivity contribution < 1.29 is 13.2 Å². The third-order valence-corrected chi connectivity index (χ3v) is 7.28. The van der Waals surface area contributed by atoms with Crippen molar-refractivity contribution in [2.75, 3.05) is 13.1 Å². The van der Waals surface area contributed by atoms with E-state index in [-0.39, 0.29) is 18.0 Å². The predicted octanol–water partition coefficient (Wildman–Crippen LogP) is 3.44. The monoisotopic (exact) mass is 441 g/mol. The number of sulfonamides is 1. The van der Waals surface area contributed by atoms with Gasteiger partial charge in [0.2, 0.25) is 10.0 Å². The Bertz CT molecular complexity index is 1090. The summed E-state index contributed by atoms with van der Waals surface area (Å²) >= 11 is 1.52. The lowest BCUT2D eigenvalue weighted by Gasteiger charge is -2.21. The Morgan fingerprint density at radius 3 is 2.37 bits per heavy atom. The van der Waals surface area contributed by atoms with E-state index in [1.165, 1.54) is 27.8 Å². The summed E-state index contributed by atoms with van der Waals surface area (Å²) < 4.78 is 27.4. The van der Waals surface area contributed by atoms with Gasteiger partial charge in [0.1, 0.15) is 0 Å². The van der Waals surface area contributed by atoms with E-state index in [0.717, 1.165) is 16.0 Å². The molecule has 0 atom stereocenters. The van der Waals surface area contributed by atoms with Crippen LogP contribution in [-0.4, -0.2) is 37.9 Å². The lowest BCUT2D eigenvalue weighted by atomic mass is 10.1. The van der Waals surface area contributed by atoms with Crippen molar-refractivity contribution in [2.45, 2.75) is 18.2 Å².